The van der Waals surface area contributed by atoms with E-state index in [2.05, 4.69) is 33.6 Å². The van der Waals surface area contributed by atoms with Gasteiger partial charge in [0.05, 0.1) is 5.69 Å². The van der Waals surface area contributed by atoms with E-state index >= 15 is 0 Å². The molecule has 0 unspecified atom stereocenters. The van der Waals surface area contributed by atoms with Crippen LogP contribution in [0.3, 0.4) is 0 Å². The first kappa shape index (κ1) is 16.8. The molecule has 0 aromatic carbocycles. The Morgan fingerprint density at radius 1 is 1.23 bits per heavy atom. The quantitative estimate of drug-likeness (QED) is 0.719. The molecule has 5 nitrogen and oxygen atoms in total. The summed E-state index contributed by atoms with van der Waals surface area (Å²) >= 11 is 0. The summed E-state index contributed by atoms with van der Waals surface area (Å²) in [5, 5.41) is 1.09. The predicted octanol–water partition coefficient (Wildman–Crippen LogP) is 3.89. The van der Waals surface area contributed by atoms with Crippen molar-refractivity contribution < 1.29 is 4.79 Å². The number of likely N-dealkylation sites (tertiary alicyclic amines) is 1. The van der Waals surface area contributed by atoms with Gasteiger partial charge in [-0.3, -0.25) is 9.78 Å². The fourth-order valence-electron chi connectivity index (χ4n) is 3.89. The van der Waals surface area contributed by atoms with Crippen molar-refractivity contribution in [3.63, 3.8) is 0 Å². The Kier molecular flexibility index (Phi) is 4.69. The first-order valence-corrected chi connectivity index (χ1v) is 9.38. The summed E-state index contributed by atoms with van der Waals surface area (Å²) in [6.45, 7) is 3.68. The number of hydrogen-bond donors (Lipinski definition) is 0. The number of fused-ring (bicyclic) bond motifs is 1. The van der Waals surface area contributed by atoms with E-state index in [0.717, 1.165) is 41.7 Å². The van der Waals surface area contributed by atoms with E-state index in [9.17, 15) is 4.79 Å². The Morgan fingerprint density at radius 2 is 2.12 bits per heavy atom. The van der Waals surface area contributed by atoms with Crippen LogP contribution in [0.1, 0.15) is 32.6 Å². The van der Waals surface area contributed by atoms with Crippen LogP contribution in [0, 0.1) is 0 Å². The minimum absolute atomic E-state index is 0.243. The molecule has 1 atom stereocenters. The maximum absolute atomic E-state index is 12.8. The number of amides is 1. The van der Waals surface area contributed by atoms with Crippen molar-refractivity contribution in [2.75, 3.05) is 6.54 Å². The highest BCUT2D eigenvalue weighted by Gasteiger charge is 2.23. The van der Waals surface area contributed by atoms with Crippen LogP contribution in [0.25, 0.3) is 22.3 Å². The first-order valence-electron chi connectivity index (χ1n) is 9.38. The van der Waals surface area contributed by atoms with E-state index in [1.54, 1.807) is 12.4 Å². The third-order valence-electron chi connectivity index (χ3n) is 5.29. The van der Waals surface area contributed by atoms with Crippen molar-refractivity contribution in [3.8, 4) is 11.3 Å². The topological polar surface area (TPSA) is 51.0 Å². The molecule has 3 aromatic rings. The lowest BCUT2D eigenvalue weighted by Gasteiger charge is -2.33. The number of rotatable bonds is 4. The monoisotopic (exact) mass is 348 g/mol. The van der Waals surface area contributed by atoms with Gasteiger partial charge in [0.15, 0.2) is 0 Å². The lowest BCUT2D eigenvalue weighted by Crippen LogP contribution is -2.42. The van der Waals surface area contributed by atoms with Crippen molar-refractivity contribution in [1.29, 1.82) is 0 Å². The average Bonchev–Trinajstić information content (AvgIpc) is 3.06. The van der Waals surface area contributed by atoms with Crippen LogP contribution in [-0.4, -0.2) is 37.9 Å². The molecule has 0 radical (unpaired) electrons. The van der Waals surface area contributed by atoms with Crippen molar-refractivity contribution in [3.05, 3.63) is 48.9 Å². The third kappa shape index (κ3) is 3.21. The molecular weight excluding hydrogens is 324 g/mol. The number of aryl methyl sites for hydroxylation is 1. The average molecular weight is 348 g/mol. The molecule has 1 amide bonds. The maximum Gasteiger partial charge on any atom is 0.224 e. The summed E-state index contributed by atoms with van der Waals surface area (Å²) in [6.07, 6.45) is 9.39. The second kappa shape index (κ2) is 7.28. The van der Waals surface area contributed by atoms with Crippen LogP contribution >= 0.6 is 0 Å². The SMILES string of the molecule is C[C@H]1CCCCN1C(=O)CCn1c(-c2cccnc2)cc2cccnc21. The number of carbonyl (C=O) groups excluding carboxylic acids is 1. The molecule has 1 fully saturated rings. The summed E-state index contributed by atoms with van der Waals surface area (Å²) in [4.78, 5) is 23.6. The van der Waals surface area contributed by atoms with Gasteiger partial charge in [0.25, 0.3) is 0 Å². The lowest BCUT2D eigenvalue weighted by atomic mass is 10.0. The molecule has 0 aliphatic carbocycles. The fraction of sp³-hybridized carbons (Fsp3) is 0.381. The zero-order valence-electron chi connectivity index (χ0n) is 15.1. The van der Waals surface area contributed by atoms with E-state index in [0.29, 0.717) is 19.0 Å². The summed E-state index contributed by atoms with van der Waals surface area (Å²) in [5.41, 5.74) is 3.03. The molecular formula is C21H24N4O. The number of carbonyl (C=O) groups is 1. The molecule has 4 heterocycles. The Labute approximate surface area is 153 Å². The molecule has 1 aliphatic rings. The van der Waals surface area contributed by atoms with Crippen molar-refractivity contribution in [2.24, 2.45) is 0 Å². The maximum atomic E-state index is 12.8. The van der Waals surface area contributed by atoms with Gasteiger partial charge in [0.1, 0.15) is 5.65 Å². The normalized spacial score (nSPS) is 17.6. The van der Waals surface area contributed by atoms with Gasteiger partial charge >= 0.3 is 0 Å². The van der Waals surface area contributed by atoms with Gasteiger partial charge < -0.3 is 9.47 Å². The minimum Gasteiger partial charge on any atom is -0.340 e. The van der Waals surface area contributed by atoms with E-state index in [1.807, 2.05) is 29.3 Å². The third-order valence-corrected chi connectivity index (χ3v) is 5.29. The van der Waals surface area contributed by atoms with Crippen LogP contribution in [0.15, 0.2) is 48.9 Å². The smallest absolute Gasteiger partial charge is 0.224 e. The van der Waals surface area contributed by atoms with Gasteiger partial charge in [-0.15, -0.1) is 0 Å². The Morgan fingerprint density at radius 3 is 2.92 bits per heavy atom. The van der Waals surface area contributed by atoms with Gasteiger partial charge in [-0.05, 0) is 56.5 Å². The number of aromatic nitrogens is 3. The van der Waals surface area contributed by atoms with Crippen LogP contribution < -0.4 is 0 Å². The summed E-state index contributed by atoms with van der Waals surface area (Å²) < 4.78 is 2.15. The zero-order chi connectivity index (χ0) is 17.9. The Bertz CT molecular complexity index is 903. The molecule has 0 saturated carbocycles. The molecule has 1 saturated heterocycles. The largest absolute Gasteiger partial charge is 0.340 e. The number of pyridine rings is 2. The van der Waals surface area contributed by atoms with Gasteiger partial charge in [0.2, 0.25) is 5.91 Å². The number of piperidine rings is 1. The van der Waals surface area contributed by atoms with E-state index in [4.69, 9.17) is 0 Å². The molecule has 0 spiro atoms. The molecule has 134 valence electrons. The standard InChI is InChI=1S/C21H24N4O/c1-16-6-2-3-12-24(16)20(26)9-13-25-19(18-8-4-10-22-15-18)14-17-7-5-11-23-21(17)25/h4-5,7-8,10-11,14-16H,2-3,6,9,12-13H2,1H3/t16-/m0/s1. The molecule has 4 rings (SSSR count). The van der Waals surface area contributed by atoms with Crippen molar-refractivity contribution in [2.45, 2.75) is 45.2 Å². The van der Waals surface area contributed by atoms with Gasteiger partial charge in [-0.2, -0.15) is 0 Å². The summed E-state index contributed by atoms with van der Waals surface area (Å²) in [5.74, 6) is 0.243. The van der Waals surface area contributed by atoms with Gasteiger partial charge in [-0.1, -0.05) is 0 Å². The van der Waals surface area contributed by atoms with E-state index in [1.165, 1.54) is 6.42 Å². The molecule has 5 heteroatoms. The molecule has 1 aliphatic heterocycles. The highest BCUT2D eigenvalue weighted by Crippen LogP contribution is 2.27. The van der Waals surface area contributed by atoms with Gasteiger partial charge in [0, 0.05) is 55.1 Å². The van der Waals surface area contributed by atoms with E-state index < -0.39 is 0 Å². The Balaban J connectivity index is 1.62. The lowest BCUT2D eigenvalue weighted by molar-refractivity contribution is -0.134. The highest BCUT2D eigenvalue weighted by molar-refractivity contribution is 5.84. The molecule has 0 bridgehead atoms. The van der Waals surface area contributed by atoms with Crippen LogP contribution in [-0.2, 0) is 11.3 Å². The first-order chi connectivity index (χ1) is 12.7. The molecule has 26 heavy (non-hydrogen) atoms. The summed E-state index contributed by atoms with van der Waals surface area (Å²) in [6, 6.07) is 10.5. The Hall–Kier alpha value is -2.69. The molecule has 0 N–H and O–H groups in total. The summed E-state index contributed by atoms with van der Waals surface area (Å²) in [7, 11) is 0. The minimum atomic E-state index is 0.243. The second-order valence-electron chi connectivity index (χ2n) is 7.02. The van der Waals surface area contributed by atoms with Gasteiger partial charge in [-0.25, -0.2) is 4.98 Å². The zero-order valence-corrected chi connectivity index (χ0v) is 15.1. The highest BCUT2D eigenvalue weighted by atomic mass is 16.2. The van der Waals surface area contributed by atoms with E-state index in [-0.39, 0.29) is 5.91 Å². The van der Waals surface area contributed by atoms with Crippen LogP contribution in [0.4, 0.5) is 0 Å². The van der Waals surface area contributed by atoms with Crippen LogP contribution in [0.2, 0.25) is 0 Å². The number of hydrogen-bond acceptors (Lipinski definition) is 3. The van der Waals surface area contributed by atoms with Crippen molar-refractivity contribution >= 4 is 16.9 Å². The fourth-order valence-corrected chi connectivity index (χ4v) is 3.89. The molecule has 3 aromatic heterocycles. The van der Waals surface area contributed by atoms with Crippen molar-refractivity contribution in [1.82, 2.24) is 19.4 Å². The van der Waals surface area contributed by atoms with Crippen LogP contribution in [0.5, 0.6) is 0 Å². The number of nitrogens with zero attached hydrogens (tertiary/aromatic N) is 4. The second-order valence-corrected chi connectivity index (χ2v) is 7.02. The predicted molar refractivity (Wildman–Crippen MR) is 103 cm³/mol.